The molecule has 0 saturated carbocycles. The van der Waals surface area contributed by atoms with Crippen molar-refractivity contribution >= 4 is 24.8 Å². The first kappa shape index (κ1) is 16.9. The zero-order valence-electron chi connectivity index (χ0n) is 9.08. The molecular formula is C10H24Cl2N2. The first-order chi connectivity index (χ1) is 5.88. The van der Waals surface area contributed by atoms with Crippen LogP contribution in [0.2, 0.25) is 0 Å². The summed E-state index contributed by atoms with van der Waals surface area (Å²) in [5, 5.41) is 0. The van der Waals surface area contributed by atoms with Gasteiger partial charge >= 0.3 is 0 Å². The summed E-state index contributed by atoms with van der Waals surface area (Å²) in [6.07, 6.45) is 6.70. The van der Waals surface area contributed by atoms with Crippen molar-refractivity contribution in [3.05, 3.63) is 0 Å². The molecule has 0 amide bonds. The Hall–Kier alpha value is 0.500. The minimum absolute atomic E-state index is 0. The Morgan fingerprint density at radius 2 is 2.00 bits per heavy atom. The normalized spacial score (nSPS) is 22.3. The molecule has 0 bridgehead atoms. The molecule has 0 aromatic carbocycles. The average molecular weight is 243 g/mol. The van der Waals surface area contributed by atoms with Gasteiger partial charge < -0.3 is 10.6 Å². The van der Waals surface area contributed by atoms with Gasteiger partial charge in [0.1, 0.15) is 0 Å². The van der Waals surface area contributed by atoms with Crippen molar-refractivity contribution < 1.29 is 0 Å². The molecule has 0 aliphatic carbocycles. The van der Waals surface area contributed by atoms with Crippen molar-refractivity contribution in [1.29, 1.82) is 0 Å². The second-order valence-electron chi connectivity index (χ2n) is 3.74. The van der Waals surface area contributed by atoms with Crippen LogP contribution in [0.4, 0.5) is 0 Å². The van der Waals surface area contributed by atoms with Crippen molar-refractivity contribution in [2.45, 2.75) is 45.1 Å². The maximum Gasteiger partial charge on any atom is 0.00926 e. The Morgan fingerprint density at radius 3 is 2.57 bits per heavy atom. The van der Waals surface area contributed by atoms with E-state index in [1.807, 2.05) is 0 Å². The molecule has 1 atom stereocenters. The Morgan fingerprint density at radius 1 is 1.29 bits per heavy atom. The van der Waals surface area contributed by atoms with Gasteiger partial charge in [0.2, 0.25) is 0 Å². The van der Waals surface area contributed by atoms with Crippen LogP contribution in [0.15, 0.2) is 0 Å². The highest BCUT2D eigenvalue weighted by Gasteiger charge is 2.19. The maximum absolute atomic E-state index is 5.51. The van der Waals surface area contributed by atoms with Crippen LogP contribution in [-0.4, -0.2) is 30.6 Å². The molecule has 2 nitrogen and oxygen atoms in total. The van der Waals surface area contributed by atoms with E-state index in [2.05, 4.69) is 11.8 Å². The van der Waals surface area contributed by atoms with E-state index in [1.165, 1.54) is 38.8 Å². The van der Waals surface area contributed by atoms with E-state index in [1.54, 1.807) is 0 Å². The molecule has 1 heterocycles. The Balaban J connectivity index is 0. The van der Waals surface area contributed by atoms with Crippen molar-refractivity contribution in [2.75, 3.05) is 19.6 Å². The first-order valence-corrected chi connectivity index (χ1v) is 5.32. The number of hydrogen-bond donors (Lipinski definition) is 1. The quantitative estimate of drug-likeness (QED) is 0.821. The van der Waals surface area contributed by atoms with E-state index in [4.69, 9.17) is 5.73 Å². The summed E-state index contributed by atoms with van der Waals surface area (Å²) in [6, 6.07) is 0.852. The first-order valence-electron chi connectivity index (χ1n) is 5.32. The van der Waals surface area contributed by atoms with Gasteiger partial charge in [-0.05, 0) is 45.3 Å². The molecule has 0 spiro atoms. The van der Waals surface area contributed by atoms with Crippen molar-refractivity contribution in [3.63, 3.8) is 0 Å². The van der Waals surface area contributed by atoms with E-state index >= 15 is 0 Å². The van der Waals surface area contributed by atoms with Crippen LogP contribution in [-0.2, 0) is 0 Å². The topological polar surface area (TPSA) is 29.3 Å². The molecular weight excluding hydrogens is 219 g/mol. The number of hydrogen-bond acceptors (Lipinski definition) is 2. The Labute approximate surface area is 100 Å². The zero-order chi connectivity index (χ0) is 8.81. The predicted molar refractivity (Wildman–Crippen MR) is 67.7 cm³/mol. The van der Waals surface area contributed by atoms with Gasteiger partial charge in [-0.25, -0.2) is 0 Å². The van der Waals surface area contributed by atoms with E-state index in [0.717, 1.165) is 19.0 Å². The molecule has 2 N–H and O–H groups in total. The molecule has 4 heteroatoms. The number of nitrogens with zero attached hydrogens (tertiary/aromatic N) is 1. The van der Waals surface area contributed by atoms with Gasteiger partial charge in [-0.3, -0.25) is 0 Å². The average Bonchev–Trinajstić information content (AvgIpc) is 2.15. The van der Waals surface area contributed by atoms with Gasteiger partial charge in [0.25, 0.3) is 0 Å². The van der Waals surface area contributed by atoms with E-state index in [0.29, 0.717) is 0 Å². The highest BCUT2D eigenvalue weighted by Crippen LogP contribution is 2.18. The summed E-state index contributed by atoms with van der Waals surface area (Å²) in [6.45, 7) is 5.66. The van der Waals surface area contributed by atoms with E-state index in [-0.39, 0.29) is 24.8 Å². The van der Waals surface area contributed by atoms with Crippen LogP contribution in [0.1, 0.15) is 39.0 Å². The van der Waals surface area contributed by atoms with Gasteiger partial charge in [-0.1, -0.05) is 13.3 Å². The fraction of sp³-hybridized carbons (Fsp3) is 1.00. The summed E-state index contributed by atoms with van der Waals surface area (Å²) in [4.78, 5) is 2.62. The van der Waals surface area contributed by atoms with E-state index in [9.17, 15) is 0 Å². The van der Waals surface area contributed by atoms with Gasteiger partial charge in [0.15, 0.2) is 0 Å². The summed E-state index contributed by atoms with van der Waals surface area (Å²) >= 11 is 0. The third-order valence-corrected chi connectivity index (χ3v) is 2.87. The van der Waals surface area contributed by atoms with Crippen LogP contribution in [0, 0.1) is 0 Å². The van der Waals surface area contributed by atoms with Gasteiger partial charge in [-0.2, -0.15) is 0 Å². The zero-order valence-corrected chi connectivity index (χ0v) is 10.7. The number of nitrogens with two attached hydrogens (primary N) is 1. The molecule has 1 saturated heterocycles. The highest BCUT2D eigenvalue weighted by atomic mass is 35.5. The third-order valence-electron chi connectivity index (χ3n) is 2.87. The lowest BCUT2D eigenvalue weighted by Crippen LogP contribution is -2.40. The largest absolute Gasteiger partial charge is 0.330 e. The number of halogens is 2. The molecule has 1 fully saturated rings. The van der Waals surface area contributed by atoms with Crippen molar-refractivity contribution in [1.82, 2.24) is 4.90 Å². The van der Waals surface area contributed by atoms with Crippen molar-refractivity contribution in [2.24, 2.45) is 5.73 Å². The molecule has 0 aromatic rings. The number of rotatable bonds is 4. The van der Waals surface area contributed by atoms with Crippen LogP contribution in [0.5, 0.6) is 0 Å². The smallest absolute Gasteiger partial charge is 0.00926 e. The second-order valence-corrected chi connectivity index (χ2v) is 3.74. The van der Waals surface area contributed by atoms with Crippen LogP contribution in [0.3, 0.4) is 0 Å². The predicted octanol–water partition coefficient (Wildman–Crippen LogP) is 2.44. The molecule has 1 aliphatic heterocycles. The van der Waals surface area contributed by atoms with Crippen LogP contribution < -0.4 is 5.73 Å². The molecule has 1 unspecified atom stereocenters. The monoisotopic (exact) mass is 242 g/mol. The summed E-state index contributed by atoms with van der Waals surface area (Å²) in [5.74, 6) is 0. The number of likely N-dealkylation sites (tertiary alicyclic amines) is 1. The lowest BCUT2D eigenvalue weighted by molar-refractivity contribution is 0.143. The lowest BCUT2D eigenvalue weighted by Gasteiger charge is -2.35. The van der Waals surface area contributed by atoms with Crippen molar-refractivity contribution in [3.8, 4) is 0 Å². The van der Waals surface area contributed by atoms with Crippen LogP contribution in [0.25, 0.3) is 0 Å². The molecule has 0 aromatic heterocycles. The van der Waals surface area contributed by atoms with Crippen LogP contribution >= 0.6 is 24.8 Å². The Kier molecular flexibility index (Phi) is 12.1. The molecule has 88 valence electrons. The summed E-state index contributed by atoms with van der Waals surface area (Å²) in [7, 11) is 0. The SMILES string of the molecule is CCC1CCCCN1CCCN.Cl.Cl. The third kappa shape index (κ3) is 5.40. The maximum atomic E-state index is 5.51. The molecule has 14 heavy (non-hydrogen) atoms. The Bertz CT molecular complexity index is 123. The minimum atomic E-state index is 0. The van der Waals surface area contributed by atoms with E-state index < -0.39 is 0 Å². The molecule has 0 radical (unpaired) electrons. The highest BCUT2D eigenvalue weighted by molar-refractivity contribution is 5.85. The summed E-state index contributed by atoms with van der Waals surface area (Å²) in [5.41, 5.74) is 5.51. The molecule has 1 aliphatic rings. The summed E-state index contributed by atoms with van der Waals surface area (Å²) < 4.78 is 0. The van der Waals surface area contributed by atoms with Gasteiger partial charge in [0.05, 0.1) is 0 Å². The minimum Gasteiger partial charge on any atom is -0.330 e. The fourth-order valence-electron chi connectivity index (χ4n) is 2.11. The second kappa shape index (κ2) is 10.0. The molecule has 1 rings (SSSR count). The van der Waals surface area contributed by atoms with Gasteiger partial charge in [-0.15, -0.1) is 24.8 Å². The standard InChI is InChI=1S/C10H22N2.2ClH/c1-2-10-6-3-4-8-12(10)9-5-7-11;;/h10H,2-9,11H2,1H3;2*1H. The number of piperidine rings is 1. The fourth-order valence-corrected chi connectivity index (χ4v) is 2.11. The van der Waals surface area contributed by atoms with Gasteiger partial charge in [0, 0.05) is 6.04 Å². The lowest BCUT2D eigenvalue weighted by atomic mass is 10.00.